The molecule has 0 radical (unpaired) electrons. The number of ether oxygens (including phenoxy) is 2. The number of likely N-dealkylation sites (tertiary alicyclic amines) is 1. The normalized spacial score (nSPS) is 15.0. The summed E-state index contributed by atoms with van der Waals surface area (Å²) in [5.74, 6) is 1.54. The predicted octanol–water partition coefficient (Wildman–Crippen LogP) is 3.17. The third-order valence-corrected chi connectivity index (χ3v) is 4.01. The highest BCUT2D eigenvalue weighted by atomic mass is 16.5. The van der Waals surface area contributed by atoms with Crippen molar-refractivity contribution in [3.63, 3.8) is 0 Å². The van der Waals surface area contributed by atoms with Gasteiger partial charge in [0.05, 0.1) is 13.3 Å². The van der Waals surface area contributed by atoms with E-state index in [1.807, 2.05) is 41.3 Å². The van der Waals surface area contributed by atoms with Crippen LogP contribution in [0.2, 0.25) is 0 Å². The van der Waals surface area contributed by atoms with Crippen molar-refractivity contribution in [2.45, 2.75) is 18.9 Å². The number of benzene rings is 1. The number of hydrogen-bond donors (Lipinski definition) is 1. The van der Waals surface area contributed by atoms with Gasteiger partial charge in [0.2, 0.25) is 0 Å². The van der Waals surface area contributed by atoms with Crippen LogP contribution in [-0.2, 0) is 0 Å². The smallest absolute Gasteiger partial charge is 0.321 e. The van der Waals surface area contributed by atoms with Gasteiger partial charge in [-0.15, -0.1) is 0 Å². The van der Waals surface area contributed by atoms with Crippen LogP contribution in [0, 0.1) is 0 Å². The Balaban J connectivity index is 1.47. The second kappa shape index (κ2) is 7.68. The van der Waals surface area contributed by atoms with Gasteiger partial charge in [0, 0.05) is 37.8 Å². The number of methoxy groups -OCH3 is 1. The Bertz CT molecular complexity index is 653. The minimum atomic E-state index is -0.0833. The van der Waals surface area contributed by atoms with Gasteiger partial charge in [-0.3, -0.25) is 4.98 Å². The van der Waals surface area contributed by atoms with E-state index in [1.54, 1.807) is 19.5 Å². The molecule has 1 fully saturated rings. The number of rotatable bonds is 4. The van der Waals surface area contributed by atoms with Gasteiger partial charge < -0.3 is 19.7 Å². The molecule has 1 aromatic heterocycles. The molecular weight excluding hydrogens is 306 g/mol. The number of aromatic nitrogens is 1. The van der Waals surface area contributed by atoms with E-state index in [9.17, 15) is 4.79 Å². The van der Waals surface area contributed by atoms with Crippen molar-refractivity contribution in [3.8, 4) is 11.5 Å². The van der Waals surface area contributed by atoms with Crippen molar-refractivity contribution < 1.29 is 14.3 Å². The molecule has 0 saturated carbocycles. The number of nitrogens with one attached hydrogen (secondary N) is 1. The fourth-order valence-electron chi connectivity index (χ4n) is 2.66. The van der Waals surface area contributed by atoms with Gasteiger partial charge in [0.15, 0.2) is 0 Å². The number of amides is 2. The number of urea groups is 1. The number of anilines is 1. The van der Waals surface area contributed by atoms with E-state index in [2.05, 4.69) is 10.3 Å². The predicted molar refractivity (Wildman–Crippen MR) is 91.5 cm³/mol. The first-order chi connectivity index (χ1) is 11.7. The van der Waals surface area contributed by atoms with Gasteiger partial charge in [-0.25, -0.2) is 4.79 Å². The zero-order valence-electron chi connectivity index (χ0n) is 13.6. The van der Waals surface area contributed by atoms with E-state index in [0.717, 1.165) is 30.0 Å². The average molecular weight is 327 g/mol. The molecule has 2 heterocycles. The molecule has 1 aromatic carbocycles. The minimum Gasteiger partial charge on any atom is -0.497 e. The minimum absolute atomic E-state index is 0.0833. The zero-order chi connectivity index (χ0) is 16.8. The second-order valence-corrected chi connectivity index (χ2v) is 5.65. The van der Waals surface area contributed by atoms with E-state index in [1.165, 1.54) is 0 Å². The first-order valence-corrected chi connectivity index (χ1v) is 8.01. The van der Waals surface area contributed by atoms with E-state index in [0.29, 0.717) is 13.1 Å². The summed E-state index contributed by atoms with van der Waals surface area (Å²) in [7, 11) is 1.62. The second-order valence-electron chi connectivity index (χ2n) is 5.65. The van der Waals surface area contributed by atoms with E-state index < -0.39 is 0 Å². The van der Waals surface area contributed by atoms with Crippen molar-refractivity contribution >= 4 is 11.7 Å². The highest BCUT2D eigenvalue weighted by Gasteiger charge is 2.24. The molecule has 126 valence electrons. The Labute approximate surface area is 141 Å². The Morgan fingerprint density at radius 2 is 1.92 bits per heavy atom. The van der Waals surface area contributed by atoms with Crippen LogP contribution in [0.15, 0.2) is 48.8 Å². The lowest BCUT2D eigenvalue weighted by Crippen LogP contribution is -2.43. The van der Waals surface area contributed by atoms with Gasteiger partial charge >= 0.3 is 6.03 Å². The maximum atomic E-state index is 12.3. The highest BCUT2D eigenvalue weighted by molar-refractivity contribution is 5.89. The Hall–Kier alpha value is -2.76. The number of carbonyl (C=O) groups is 1. The molecular formula is C18H21N3O3. The molecule has 1 saturated heterocycles. The third kappa shape index (κ3) is 4.16. The molecule has 6 heteroatoms. The largest absolute Gasteiger partial charge is 0.497 e. The summed E-state index contributed by atoms with van der Waals surface area (Å²) >= 11 is 0. The molecule has 2 aromatic rings. The summed E-state index contributed by atoms with van der Waals surface area (Å²) in [6, 6.07) is 11.0. The van der Waals surface area contributed by atoms with Gasteiger partial charge in [-0.1, -0.05) is 0 Å². The van der Waals surface area contributed by atoms with Crippen LogP contribution >= 0.6 is 0 Å². The highest BCUT2D eigenvalue weighted by Crippen LogP contribution is 2.19. The molecule has 0 unspecified atom stereocenters. The fourth-order valence-corrected chi connectivity index (χ4v) is 2.66. The van der Waals surface area contributed by atoms with E-state index in [-0.39, 0.29) is 12.1 Å². The number of piperidine rings is 1. The maximum absolute atomic E-state index is 12.3. The van der Waals surface area contributed by atoms with Crippen LogP contribution in [0.3, 0.4) is 0 Å². The standard InChI is InChI=1S/C18H21N3O3/c1-23-15-6-4-14(5-7-15)20-18(22)21-11-8-16(9-12-21)24-17-3-2-10-19-13-17/h2-7,10,13,16H,8-9,11-12H2,1H3,(H,20,22). The van der Waals surface area contributed by atoms with Gasteiger partial charge in [-0.05, 0) is 36.4 Å². The number of nitrogens with zero attached hydrogens (tertiary/aromatic N) is 2. The summed E-state index contributed by atoms with van der Waals surface area (Å²) in [5.41, 5.74) is 0.759. The Morgan fingerprint density at radius 3 is 2.54 bits per heavy atom. The monoisotopic (exact) mass is 327 g/mol. The fraction of sp³-hybridized carbons (Fsp3) is 0.333. The summed E-state index contributed by atoms with van der Waals surface area (Å²) in [6.07, 6.45) is 5.18. The summed E-state index contributed by atoms with van der Waals surface area (Å²) in [6.45, 7) is 1.35. The molecule has 0 spiro atoms. The van der Waals surface area contributed by atoms with Crippen LogP contribution in [0.4, 0.5) is 10.5 Å². The summed E-state index contributed by atoms with van der Waals surface area (Å²) in [4.78, 5) is 18.2. The van der Waals surface area contributed by atoms with Gasteiger partial charge in [-0.2, -0.15) is 0 Å². The van der Waals surface area contributed by atoms with Crippen molar-refractivity contribution in [2.75, 3.05) is 25.5 Å². The molecule has 6 nitrogen and oxygen atoms in total. The van der Waals surface area contributed by atoms with Crippen LogP contribution in [0.1, 0.15) is 12.8 Å². The van der Waals surface area contributed by atoms with Crippen LogP contribution < -0.4 is 14.8 Å². The van der Waals surface area contributed by atoms with Crippen LogP contribution in [0.25, 0.3) is 0 Å². The van der Waals surface area contributed by atoms with E-state index in [4.69, 9.17) is 9.47 Å². The van der Waals surface area contributed by atoms with Crippen molar-refractivity contribution in [1.82, 2.24) is 9.88 Å². The van der Waals surface area contributed by atoms with Crippen LogP contribution in [0.5, 0.6) is 11.5 Å². The van der Waals surface area contributed by atoms with Crippen molar-refractivity contribution in [1.29, 1.82) is 0 Å². The Morgan fingerprint density at radius 1 is 1.17 bits per heavy atom. The van der Waals surface area contributed by atoms with Crippen LogP contribution in [-0.4, -0.2) is 42.2 Å². The maximum Gasteiger partial charge on any atom is 0.321 e. The summed E-state index contributed by atoms with van der Waals surface area (Å²) < 4.78 is 11.0. The van der Waals surface area contributed by atoms with Gasteiger partial charge in [0.25, 0.3) is 0 Å². The zero-order valence-corrected chi connectivity index (χ0v) is 13.6. The lowest BCUT2D eigenvalue weighted by molar-refractivity contribution is 0.115. The van der Waals surface area contributed by atoms with E-state index >= 15 is 0 Å². The molecule has 3 rings (SSSR count). The lowest BCUT2D eigenvalue weighted by Gasteiger charge is -2.32. The number of carbonyl (C=O) groups excluding carboxylic acids is 1. The summed E-state index contributed by atoms with van der Waals surface area (Å²) in [5, 5.41) is 2.91. The quantitative estimate of drug-likeness (QED) is 0.937. The van der Waals surface area contributed by atoms with Gasteiger partial charge in [0.1, 0.15) is 17.6 Å². The average Bonchev–Trinajstić information content (AvgIpc) is 2.64. The molecule has 24 heavy (non-hydrogen) atoms. The molecule has 0 aliphatic carbocycles. The first-order valence-electron chi connectivity index (χ1n) is 8.01. The molecule has 1 aliphatic rings. The number of pyridine rings is 1. The van der Waals surface area contributed by atoms with Crippen molar-refractivity contribution in [3.05, 3.63) is 48.8 Å². The third-order valence-electron chi connectivity index (χ3n) is 4.01. The lowest BCUT2D eigenvalue weighted by atomic mass is 10.1. The molecule has 0 atom stereocenters. The molecule has 0 bridgehead atoms. The number of hydrogen-bond acceptors (Lipinski definition) is 4. The SMILES string of the molecule is COc1ccc(NC(=O)N2CCC(Oc3cccnc3)CC2)cc1. The Kier molecular flexibility index (Phi) is 5.15. The first kappa shape index (κ1) is 16.1. The molecule has 2 amide bonds. The topological polar surface area (TPSA) is 63.7 Å². The van der Waals surface area contributed by atoms with Crippen molar-refractivity contribution in [2.24, 2.45) is 0 Å². The molecule has 1 aliphatic heterocycles. The molecule has 1 N–H and O–H groups in total.